The van der Waals surface area contributed by atoms with Gasteiger partial charge < -0.3 is 14.9 Å². The summed E-state index contributed by atoms with van der Waals surface area (Å²) in [7, 11) is 1.72. The van der Waals surface area contributed by atoms with Gasteiger partial charge in [-0.25, -0.2) is 4.98 Å². The fraction of sp³-hybridized carbons (Fsp3) is 0.421. The molecule has 0 unspecified atom stereocenters. The molecule has 0 spiro atoms. The molecule has 0 radical (unpaired) electrons. The standard InChI is InChI=1S/C19H24N4O2/c1-15-7-8-16(12-21-15)18(24)22(2)13-19(25)9-5-11-23(14-19)17-6-3-4-10-20-17/h3-4,6-8,10,12,25H,5,9,11,13-14H2,1-2H3/t19-/m1/s1. The minimum Gasteiger partial charge on any atom is -0.386 e. The van der Waals surface area contributed by atoms with E-state index in [0.29, 0.717) is 18.5 Å². The maximum atomic E-state index is 12.6. The number of carbonyl (C=O) groups excluding carboxylic acids is 1. The summed E-state index contributed by atoms with van der Waals surface area (Å²) in [4.78, 5) is 24.8. The molecule has 0 aliphatic carbocycles. The summed E-state index contributed by atoms with van der Waals surface area (Å²) in [5, 5.41) is 11.0. The van der Waals surface area contributed by atoms with Crippen LogP contribution >= 0.6 is 0 Å². The summed E-state index contributed by atoms with van der Waals surface area (Å²) in [5.74, 6) is 0.730. The highest BCUT2D eigenvalue weighted by Crippen LogP contribution is 2.25. The van der Waals surface area contributed by atoms with Crippen molar-refractivity contribution in [1.82, 2.24) is 14.9 Å². The van der Waals surface area contributed by atoms with Gasteiger partial charge in [0.15, 0.2) is 0 Å². The molecule has 1 aliphatic rings. The number of β-amino-alcohol motifs (C(OH)–C–C–N with tert-alkyl or cyclic N) is 1. The molecule has 2 aromatic rings. The summed E-state index contributed by atoms with van der Waals surface area (Å²) < 4.78 is 0. The minimum atomic E-state index is -0.946. The SMILES string of the molecule is Cc1ccc(C(=O)N(C)C[C@]2(O)CCCN(c3ccccn3)C2)cn1. The first-order chi connectivity index (χ1) is 12.0. The van der Waals surface area contributed by atoms with E-state index in [1.54, 1.807) is 30.4 Å². The Balaban J connectivity index is 1.68. The van der Waals surface area contributed by atoms with Crippen LogP contribution in [0.25, 0.3) is 0 Å². The number of aliphatic hydroxyl groups is 1. The van der Waals surface area contributed by atoms with Gasteiger partial charge in [-0.1, -0.05) is 6.07 Å². The molecule has 132 valence electrons. The topological polar surface area (TPSA) is 69.6 Å². The quantitative estimate of drug-likeness (QED) is 0.920. The van der Waals surface area contributed by atoms with Crippen molar-refractivity contribution < 1.29 is 9.90 Å². The summed E-state index contributed by atoms with van der Waals surface area (Å²) >= 11 is 0. The number of hydrogen-bond donors (Lipinski definition) is 1. The van der Waals surface area contributed by atoms with E-state index < -0.39 is 5.60 Å². The number of anilines is 1. The first kappa shape index (κ1) is 17.4. The van der Waals surface area contributed by atoms with Gasteiger partial charge in [0.25, 0.3) is 5.91 Å². The van der Waals surface area contributed by atoms with E-state index in [0.717, 1.165) is 24.5 Å². The molecule has 25 heavy (non-hydrogen) atoms. The van der Waals surface area contributed by atoms with Gasteiger partial charge >= 0.3 is 0 Å². The molecule has 1 atom stereocenters. The van der Waals surface area contributed by atoms with Crippen molar-refractivity contribution in [1.29, 1.82) is 0 Å². The molecule has 0 saturated carbocycles. The van der Waals surface area contributed by atoms with Crippen LogP contribution in [0.3, 0.4) is 0 Å². The molecule has 6 nitrogen and oxygen atoms in total. The third-order valence-corrected chi connectivity index (χ3v) is 4.57. The Morgan fingerprint density at radius 1 is 1.32 bits per heavy atom. The molecule has 3 rings (SSSR count). The molecule has 0 aromatic carbocycles. The van der Waals surface area contributed by atoms with Gasteiger partial charge in [-0.3, -0.25) is 9.78 Å². The van der Waals surface area contributed by atoms with Crippen LogP contribution in [0, 0.1) is 6.92 Å². The second kappa shape index (κ2) is 7.19. The molecule has 1 aliphatic heterocycles. The van der Waals surface area contributed by atoms with Crippen molar-refractivity contribution in [2.45, 2.75) is 25.4 Å². The van der Waals surface area contributed by atoms with Gasteiger partial charge in [0, 0.05) is 38.2 Å². The highest BCUT2D eigenvalue weighted by molar-refractivity contribution is 5.93. The van der Waals surface area contributed by atoms with Gasteiger partial charge in [-0.2, -0.15) is 0 Å². The van der Waals surface area contributed by atoms with Crippen molar-refractivity contribution >= 4 is 11.7 Å². The van der Waals surface area contributed by atoms with E-state index in [1.807, 2.05) is 31.2 Å². The van der Waals surface area contributed by atoms with Crippen LogP contribution in [0.1, 0.15) is 28.9 Å². The van der Waals surface area contributed by atoms with Crippen LogP contribution in [0.4, 0.5) is 5.82 Å². The maximum absolute atomic E-state index is 12.6. The lowest BCUT2D eigenvalue weighted by Gasteiger charge is -2.41. The number of amides is 1. The molecular weight excluding hydrogens is 316 g/mol. The molecule has 2 aromatic heterocycles. The van der Waals surface area contributed by atoms with Gasteiger partial charge in [-0.05, 0) is 44.0 Å². The van der Waals surface area contributed by atoms with E-state index in [4.69, 9.17) is 0 Å². The zero-order valence-corrected chi connectivity index (χ0v) is 14.7. The molecule has 3 heterocycles. The zero-order chi connectivity index (χ0) is 17.9. The molecular formula is C19H24N4O2. The van der Waals surface area contributed by atoms with Crippen LogP contribution in [0.2, 0.25) is 0 Å². The lowest BCUT2D eigenvalue weighted by Crippen LogP contribution is -2.54. The second-order valence-corrected chi connectivity index (χ2v) is 6.79. The highest BCUT2D eigenvalue weighted by Gasteiger charge is 2.36. The number of carbonyl (C=O) groups is 1. The number of aryl methyl sites for hydroxylation is 1. The Morgan fingerprint density at radius 3 is 2.84 bits per heavy atom. The van der Waals surface area contributed by atoms with Crippen molar-refractivity contribution in [3.05, 3.63) is 54.0 Å². The number of piperidine rings is 1. The molecule has 1 amide bonds. The van der Waals surface area contributed by atoms with Crippen LogP contribution < -0.4 is 4.90 Å². The zero-order valence-electron chi connectivity index (χ0n) is 14.7. The summed E-state index contributed by atoms with van der Waals surface area (Å²) in [6.45, 7) is 3.49. The number of aromatic nitrogens is 2. The normalized spacial score (nSPS) is 20.4. The number of likely N-dealkylation sites (N-methyl/N-ethyl adjacent to an activating group) is 1. The van der Waals surface area contributed by atoms with Gasteiger partial charge in [0.05, 0.1) is 17.7 Å². The molecule has 1 N–H and O–H groups in total. The predicted molar refractivity (Wildman–Crippen MR) is 96.6 cm³/mol. The fourth-order valence-electron chi connectivity index (χ4n) is 3.31. The summed E-state index contributed by atoms with van der Waals surface area (Å²) in [6.07, 6.45) is 4.86. The van der Waals surface area contributed by atoms with Crippen LogP contribution in [-0.2, 0) is 0 Å². The average molecular weight is 340 g/mol. The third kappa shape index (κ3) is 4.14. The van der Waals surface area contributed by atoms with E-state index in [1.165, 1.54) is 0 Å². The largest absolute Gasteiger partial charge is 0.386 e. The summed E-state index contributed by atoms with van der Waals surface area (Å²) in [5.41, 5.74) is 0.461. The first-order valence-corrected chi connectivity index (χ1v) is 8.53. The highest BCUT2D eigenvalue weighted by atomic mass is 16.3. The third-order valence-electron chi connectivity index (χ3n) is 4.57. The molecule has 0 bridgehead atoms. The number of nitrogens with zero attached hydrogens (tertiary/aromatic N) is 4. The van der Waals surface area contributed by atoms with Crippen LogP contribution in [-0.4, -0.2) is 58.2 Å². The van der Waals surface area contributed by atoms with Gasteiger partial charge in [0.2, 0.25) is 0 Å². The first-order valence-electron chi connectivity index (χ1n) is 8.53. The lowest BCUT2D eigenvalue weighted by molar-refractivity contribution is -0.000144. The van der Waals surface area contributed by atoms with E-state index >= 15 is 0 Å². The smallest absolute Gasteiger partial charge is 0.255 e. The Bertz CT molecular complexity index is 720. The Hall–Kier alpha value is -2.47. The van der Waals surface area contributed by atoms with Crippen molar-refractivity contribution in [2.75, 3.05) is 31.6 Å². The fourth-order valence-corrected chi connectivity index (χ4v) is 3.31. The van der Waals surface area contributed by atoms with Gasteiger partial charge in [-0.15, -0.1) is 0 Å². The number of pyridine rings is 2. The Kier molecular flexibility index (Phi) is 4.99. The number of hydrogen-bond acceptors (Lipinski definition) is 5. The van der Waals surface area contributed by atoms with E-state index in [-0.39, 0.29) is 12.5 Å². The Morgan fingerprint density at radius 2 is 2.16 bits per heavy atom. The van der Waals surface area contributed by atoms with Crippen LogP contribution in [0.15, 0.2) is 42.7 Å². The maximum Gasteiger partial charge on any atom is 0.255 e. The van der Waals surface area contributed by atoms with E-state index in [9.17, 15) is 9.90 Å². The minimum absolute atomic E-state index is 0.129. The van der Waals surface area contributed by atoms with Crippen LogP contribution in [0.5, 0.6) is 0 Å². The number of rotatable bonds is 4. The molecule has 1 saturated heterocycles. The van der Waals surface area contributed by atoms with Crippen molar-refractivity contribution in [2.24, 2.45) is 0 Å². The summed E-state index contributed by atoms with van der Waals surface area (Å²) in [6, 6.07) is 9.35. The molecule has 6 heteroatoms. The van der Waals surface area contributed by atoms with Crippen molar-refractivity contribution in [3.8, 4) is 0 Å². The second-order valence-electron chi connectivity index (χ2n) is 6.79. The van der Waals surface area contributed by atoms with Crippen molar-refractivity contribution in [3.63, 3.8) is 0 Å². The molecule has 1 fully saturated rings. The average Bonchev–Trinajstić information content (AvgIpc) is 2.62. The lowest BCUT2D eigenvalue weighted by atomic mass is 9.92. The van der Waals surface area contributed by atoms with Gasteiger partial charge in [0.1, 0.15) is 5.82 Å². The monoisotopic (exact) mass is 340 g/mol. The van der Waals surface area contributed by atoms with E-state index in [2.05, 4.69) is 14.9 Å². The predicted octanol–water partition coefficient (Wildman–Crippen LogP) is 1.89. The Labute approximate surface area is 148 Å².